The number of carboxylic acids is 1. The van der Waals surface area contributed by atoms with Gasteiger partial charge in [0.05, 0.1) is 6.42 Å². The SMILES string of the molecule is Cc1c([C@@H](CC(=O)O)c2ccc3c(c2)CN2CCCC(=[N+]3[Si])CCNc3ncccc3S2(=O)=O)ccn2c(C(F)(F)F)nnc12. The minimum atomic E-state index is -4.72. The number of pyridine rings is 2. The number of fused-ring (bicyclic) bond motifs is 7. The molecule has 2 atom stereocenters. The fourth-order valence-corrected chi connectivity index (χ4v) is 8.08. The highest BCUT2D eigenvalue weighted by Crippen LogP contribution is 2.37. The van der Waals surface area contributed by atoms with Crippen LogP contribution < -0.4 is 5.32 Å². The Kier molecular flexibility index (Phi) is 7.99. The Morgan fingerprint density at radius 2 is 2.00 bits per heavy atom. The van der Waals surface area contributed by atoms with Crippen LogP contribution in [-0.2, 0) is 27.5 Å². The first-order chi connectivity index (χ1) is 21.4. The first-order valence-corrected chi connectivity index (χ1v) is 16.1. The molecule has 1 aromatic carbocycles. The van der Waals surface area contributed by atoms with Gasteiger partial charge in [-0.1, -0.05) is 6.07 Å². The number of alkyl halides is 3. The second-order valence-electron chi connectivity index (χ2n) is 11.0. The maximum Gasteiger partial charge on any atom is 0.557 e. The minimum Gasteiger partial charge on any atom is -0.481 e. The number of hydrogen-bond donors (Lipinski definition) is 2. The van der Waals surface area contributed by atoms with Crippen molar-refractivity contribution in [3.63, 3.8) is 0 Å². The Balaban J connectivity index is 1.51. The number of hydrogen-bond acceptors (Lipinski definition) is 7. The van der Waals surface area contributed by atoms with Gasteiger partial charge in [0, 0.05) is 62.4 Å². The third-order valence-corrected chi connectivity index (χ3v) is 10.7. The molecular formula is C29H28F3N7O4SSi+. The molecule has 0 spiro atoms. The second kappa shape index (κ2) is 11.6. The van der Waals surface area contributed by atoms with E-state index in [2.05, 4.69) is 30.9 Å². The predicted octanol–water partition coefficient (Wildman–Crippen LogP) is 4.03. The molecular weight excluding hydrogens is 628 g/mol. The lowest BCUT2D eigenvalue weighted by molar-refractivity contribution is -0.272. The van der Waals surface area contributed by atoms with Crippen LogP contribution in [0.5, 0.6) is 0 Å². The van der Waals surface area contributed by atoms with Crippen LogP contribution in [0.25, 0.3) is 5.65 Å². The molecule has 2 bridgehead atoms. The van der Waals surface area contributed by atoms with Crippen molar-refractivity contribution >= 4 is 49.3 Å². The highest BCUT2D eigenvalue weighted by molar-refractivity contribution is 7.89. The van der Waals surface area contributed by atoms with Crippen LogP contribution in [-0.4, -0.2) is 76.8 Å². The molecule has 2 N–H and O–H groups in total. The first-order valence-electron chi connectivity index (χ1n) is 14.2. The number of anilines is 1. The van der Waals surface area contributed by atoms with E-state index >= 15 is 0 Å². The van der Waals surface area contributed by atoms with Crippen molar-refractivity contribution in [2.75, 3.05) is 18.4 Å². The van der Waals surface area contributed by atoms with E-state index in [0.29, 0.717) is 53.7 Å². The van der Waals surface area contributed by atoms with Gasteiger partial charge in [-0.05, 0) is 54.3 Å². The molecule has 16 heteroatoms. The van der Waals surface area contributed by atoms with Crippen molar-refractivity contribution in [3.8, 4) is 0 Å². The molecule has 2 aliphatic heterocycles. The van der Waals surface area contributed by atoms with Gasteiger partial charge in [0.25, 0.3) is 0 Å². The lowest BCUT2D eigenvalue weighted by Gasteiger charge is -2.24. The molecule has 45 heavy (non-hydrogen) atoms. The number of aliphatic carboxylic acids is 1. The van der Waals surface area contributed by atoms with Crippen molar-refractivity contribution in [2.24, 2.45) is 0 Å². The molecule has 0 saturated carbocycles. The molecule has 2 aliphatic rings. The summed E-state index contributed by atoms with van der Waals surface area (Å²) in [7, 11) is -0.223. The average Bonchev–Trinajstić information content (AvgIpc) is 3.45. The van der Waals surface area contributed by atoms with Crippen LogP contribution in [0.15, 0.2) is 53.7 Å². The molecule has 0 amide bonds. The lowest BCUT2D eigenvalue weighted by Crippen LogP contribution is -2.32. The summed E-state index contributed by atoms with van der Waals surface area (Å²) in [5.41, 5.74) is 3.71. The maximum absolute atomic E-state index is 14.0. The predicted molar refractivity (Wildman–Crippen MR) is 158 cm³/mol. The van der Waals surface area contributed by atoms with E-state index in [1.807, 2.05) is 10.3 Å². The van der Waals surface area contributed by atoms with Gasteiger partial charge in [0.15, 0.2) is 11.3 Å². The Bertz CT molecular complexity index is 1960. The van der Waals surface area contributed by atoms with Crippen molar-refractivity contribution in [3.05, 3.63) is 76.9 Å². The van der Waals surface area contributed by atoms with Gasteiger partial charge >= 0.3 is 22.5 Å². The number of benzene rings is 1. The highest BCUT2D eigenvalue weighted by atomic mass is 32.2. The quantitative estimate of drug-likeness (QED) is 0.315. The summed E-state index contributed by atoms with van der Waals surface area (Å²) >= 11 is 0. The summed E-state index contributed by atoms with van der Waals surface area (Å²) in [5, 5.41) is 20.1. The van der Waals surface area contributed by atoms with E-state index in [4.69, 9.17) is 0 Å². The maximum atomic E-state index is 14.0. The van der Waals surface area contributed by atoms with Gasteiger partial charge in [0.2, 0.25) is 15.8 Å². The van der Waals surface area contributed by atoms with E-state index in [9.17, 15) is 31.5 Å². The molecule has 0 fully saturated rings. The van der Waals surface area contributed by atoms with Gasteiger partial charge in [-0.15, -0.1) is 10.2 Å². The van der Waals surface area contributed by atoms with Gasteiger partial charge in [0.1, 0.15) is 16.4 Å². The van der Waals surface area contributed by atoms with E-state index < -0.39 is 33.9 Å². The summed E-state index contributed by atoms with van der Waals surface area (Å²) < 4.78 is 72.7. The smallest absolute Gasteiger partial charge is 0.481 e. The Morgan fingerprint density at radius 3 is 2.76 bits per heavy atom. The van der Waals surface area contributed by atoms with Gasteiger partial charge < -0.3 is 10.4 Å². The minimum absolute atomic E-state index is 0.00890. The van der Waals surface area contributed by atoms with E-state index in [1.54, 1.807) is 25.1 Å². The number of rotatable bonds is 4. The molecule has 4 aromatic rings. The summed E-state index contributed by atoms with van der Waals surface area (Å²) in [4.78, 5) is 16.5. The zero-order chi connectivity index (χ0) is 32.1. The number of aryl methyl sites for hydroxylation is 1. The number of aromatic nitrogens is 4. The normalized spacial score (nSPS) is 19.1. The Hall–Kier alpha value is -4.15. The van der Waals surface area contributed by atoms with Crippen molar-refractivity contribution in [1.29, 1.82) is 0 Å². The fraction of sp³-hybridized carbons (Fsp3) is 0.345. The third kappa shape index (κ3) is 5.73. The topological polar surface area (TPSA) is 133 Å². The molecule has 11 nitrogen and oxygen atoms in total. The van der Waals surface area contributed by atoms with Gasteiger partial charge in [-0.25, -0.2) is 13.4 Å². The zero-order valence-corrected chi connectivity index (χ0v) is 25.9. The monoisotopic (exact) mass is 655 g/mol. The third-order valence-electron chi connectivity index (χ3n) is 8.25. The number of halogens is 3. The summed E-state index contributed by atoms with van der Waals surface area (Å²) in [6.45, 7) is 2.27. The molecule has 3 aromatic heterocycles. The number of carboxylic acid groups (broad SMARTS) is 1. The van der Waals surface area contributed by atoms with Crippen molar-refractivity contribution < 1.29 is 35.7 Å². The number of nitrogens with one attached hydrogen (secondary N) is 1. The van der Waals surface area contributed by atoms with Crippen molar-refractivity contribution in [2.45, 2.75) is 56.1 Å². The number of nitrogens with zero attached hydrogens (tertiary/aromatic N) is 6. The van der Waals surface area contributed by atoms with Crippen LogP contribution in [0.4, 0.5) is 24.7 Å². The summed E-state index contributed by atoms with van der Waals surface area (Å²) in [6.07, 6.45) is -0.561. The highest BCUT2D eigenvalue weighted by Gasteiger charge is 2.38. The van der Waals surface area contributed by atoms with Crippen LogP contribution in [0.2, 0.25) is 0 Å². The average molecular weight is 656 g/mol. The van der Waals surface area contributed by atoms with Gasteiger partial charge in [-0.3, -0.25) is 13.4 Å². The van der Waals surface area contributed by atoms with Crippen LogP contribution in [0, 0.1) is 6.92 Å². The number of sulfonamides is 1. The Labute approximate surface area is 260 Å². The largest absolute Gasteiger partial charge is 0.557 e. The molecule has 0 saturated heterocycles. The summed E-state index contributed by atoms with van der Waals surface area (Å²) in [6, 6.07) is 9.92. The van der Waals surface area contributed by atoms with E-state index in [0.717, 1.165) is 10.1 Å². The molecule has 5 heterocycles. The molecule has 1 unspecified atom stereocenters. The van der Waals surface area contributed by atoms with Crippen LogP contribution >= 0.6 is 0 Å². The fourth-order valence-electron chi connectivity index (χ4n) is 6.07. The van der Waals surface area contributed by atoms with Crippen LogP contribution in [0.3, 0.4) is 0 Å². The standard InChI is InChI=1S/C29H28F3N7O4SSi/c1-17-21(9-13-38-27(17)35-36-28(38)29(30,31)32)22(15-25(40)41)18-6-7-23-19(14-18)16-37-12-3-4-20(39(23)45)8-11-34-26-24(44(37,42)43)5-2-10-33-26/h2,5-7,9-10,13-14,22H,3-4,8,11-12,15-16H2,1H3,(H,33,34)(H,40,41)/q+1/t22-/m0/s1. The Morgan fingerprint density at radius 1 is 1.20 bits per heavy atom. The van der Waals surface area contributed by atoms with Crippen LogP contribution in [0.1, 0.15) is 59.7 Å². The van der Waals surface area contributed by atoms with Gasteiger partial charge in [-0.2, -0.15) is 17.5 Å². The molecule has 0 aliphatic carbocycles. The number of carbonyl (C=O) groups is 1. The molecule has 3 radical (unpaired) electrons. The second-order valence-corrected chi connectivity index (χ2v) is 13.4. The van der Waals surface area contributed by atoms with E-state index in [1.165, 1.54) is 28.8 Å². The molecule has 233 valence electrons. The zero-order valence-electron chi connectivity index (χ0n) is 24.0. The molecule has 6 rings (SSSR count). The summed E-state index contributed by atoms with van der Waals surface area (Å²) in [5.74, 6) is -2.79. The first kappa shape index (κ1) is 30.9. The van der Waals surface area contributed by atoms with E-state index in [-0.39, 0.29) is 35.9 Å². The van der Waals surface area contributed by atoms with Crippen molar-refractivity contribution in [1.82, 2.24) is 23.9 Å². The lowest BCUT2D eigenvalue weighted by atomic mass is 9.85.